The lowest BCUT2D eigenvalue weighted by Gasteiger charge is -2.25. The second-order valence-corrected chi connectivity index (χ2v) is 13.0. The van der Waals surface area contributed by atoms with Crippen molar-refractivity contribution < 1.29 is 0 Å². The number of benzene rings is 6. The third-order valence-electron chi connectivity index (χ3n) is 9.82. The van der Waals surface area contributed by atoms with Crippen LogP contribution in [0.4, 0.5) is 17.1 Å². The first-order valence-electron chi connectivity index (χ1n) is 17.7. The van der Waals surface area contributed by atoms with Gasteiger partial charge in [0.05, 0.1) is 5.52 Å². The van der Waals surface area contributed by atoms with Gasteiger partial charge in [0.15, 0.2) is 11.5 Å². The highest BCUT2D eigenvalue weighted by molar-refractivity contribution is 6.07. The Balaban J connectivity index is 0.994. The fourth-order valence-electron chi connectivity index (χ4n) is 7.36. The molecule has 0 aliphatic rings. The van der Waals surface area contributed by atoms with Crippen LogP contribution in [0.5, 0.6) is 0 Å². The van der Waals surface area contributed by atoms with Gasteiger partial charge in [0.2, 0.25) is 0 Å². The first-order valence-corrected chi connectivity index (χ1v) is 17.7. The highest BCUT2D eigenvalue weighted by Gasteiger charge is 2.16. The summed E-state index contributed by atoms with van der Waals surface area (Å²) in [5, 5.41) is 7.28. The van der Waals surface area contributed by atoms with E-state index in [1.165, 1.54) is 5.39 Å². The maximum absolute atomic E-state index is 5.10. The van der Waals surface area contributed by atoms with Crippen molar-refractivity contribution in [2.75, 3.05) is 4.90 Å². The van der Waals surface area contributed by atoms with Gasteiger partial charge in [0, 0.05) is 57.0 Å². The minimum Gasteiger partial charge on any atom is -0.311 e. The van der Waals surface area contributed by atoms with Gasteiger partial charge in [-0.25, -0.2) is 14.5 Å². The van der Waals surface area contributed by atoms with Gasteiger partial charge in [0.1, 0.15) is 5.65 Å². The van der Waals surface area contributed by atoms with Gasteiger partial charge in [-0.15, -0.1) is 5.10 Å². The van der Waals surface area contributed by atoms with E-state index in [-0.39, 0.29) is 0 Å². The molecule has 0 atom stereocenters. The molecule has 0 saturated heterocycles. The number of anilines is 3. The van der Waals surface area contributed by atoms with Crippen LogP contribution < -0.4 is 4.90 Å². The molecule has 10 aromatic rings. The Bertz CT molecular complexity index is 2800. The lowest BCUT2D eigenvalue weighted by Crippen LogP contribution is -2.09. The van der Waals surface area contributed by atoms with Crippen molar-refractivity contribution in [2.24, 2.45) is 0 Å². The quantitative estimate of drug-likeness (QED) is 0.168. The Morgan fingerprint density at radius 3 is 1.91 bits per heavy atom. The molecule has 0 unspecified atom stereocenters. The average Bonchev–Trinajstić information content (AvgIpc) is 3.82. The highest BCUT2D eigenvalue weighted by atomic mass is 15.3. The molecule has 4 aromatic heterocycles. The minimum absolute atomic E-state index is 0.679. The molecule has 10 rings (SSSR count). The SMILES string of the molecule is c1ccc(N(c2ccccc2)c2ccc(-c3cccn4nc(-c5cccc(-c6cccc(-n7c8ccccc8c8cccnc87)c6)c5)nc34)cc2)cc1. The Morgan fingerprint density at radius 2 is 1.11 bits per heavy atom. The summed E-state index contributed by atoms with van der Waals surface area (Å²) in [6.45, 7) is 0. The molecule has 0 N–H and O–H groups in total. The zero-order valence-electron chi connectivity index (χ0n) is 28.7. The van der Waals surface area contributed by atoms with Crippen LogP contribution in [0.15, 0.2) is 194 Å². The van der Waals surface area contributed by atoms with Crippen molar-refractivity contribution in [3.8, 4) is 39.3 Å². The first-order chi connectivity index (χ1) is 26.3. The summed E-state index contributed by atoms with van der Waals surface area (Å²) in [7, 11) is 0. The van der Waals surface area contributed by atoms with Crippen LogP contribution in [0.25, 0.3) is 66.9 Å². The number of rotatable bonds is 7. The summed E-state index contributed by atoms with van der Waals surface area (Å²) in [5.41, 5.74) is 12.5. The molecular weight excluding hydrogens is 649 g/mol. The topological polar surface area (TPSA) is 51.2 Å². The lowest BCUT2D eigenvalue weighted by atomic mass is 10.0. The van der Waals surface area contributed by atoms with Crippen molar-refractivity contribution in [1.29, 1.82) is 0 Å². The van der Waals surface area contributed by atoms with Crippen molar-refractivity contribution in [2.45, 2.75) is 0 Å². The molecule has 0 bridgehead atoms. The van der Waals surface area contributed by atoms with Gasteiger partial charge >= 0.3 is 0 Å². The second kappa shape index (κ2) is 12.8. The van der Waals surface area contributed by atoms with Crippen LogP contribution >= 0.6 is 0 Å². The zero-order valence-corrected chi connectivity index (χ0v) is 28.7. The van der Waals surface area contributed by atoms with E-state index in [0.29, 0.717) is 5.82 Å². The molecule has 6 aromatic carbocycles. The largest absolute Gasteiger partial charge is 0.311 e. The Hall–Kier alpha value is -7.31. The molecule has 0 amide bonds. The maximum Gasteiger partial charge on any atom is 0.182 e. The number of fused-ring (bicyclic) bond motifs is 4. The number of para-hydroxylation sites is 3. The van der Waals surface area contributed by atoms with Gasteiger partial charge in [-0.05, 0) is 102 Å². The molecule has 0 aliphatic heterocycles. The third kappa shape index (κ3) is 5.41. The molecule has 0 saturated carbocycles. The maximum atomic E-state index is 5.10. The molecule has 250 valence electrons. The number of hydrogen-bond acceptors (Lipinski definition) is 4. The van der Waals surface area contributed by atoms with E-state index in [0.717, 1.165) is 72.8 Å². The van der Waals surface area contributed by atoms with Crippen molar-refractivity contribution in [3.05, 3.63) is 194 Å². The number of nitrogens with zero attached hydrogens (tertiary/aromatic N) is 6. The van der Waals surface area contributed by atoms with Crippen LogP contribution in [0.3, 0.4) is 0 Å². The zero-order chi connectivity index (χ0) is 35.1. The second-order valence-electron chi connectivity index (χ2n) is 13.0. The molecule has 0 spiro atoms. The van der Waals surface area contributed by atoms with Crippen LogP contribution in [-0.2, 0) is 0 Å². The summed E-state index contributed by atoms with van der Waals surface area (Å²) < 4.78 is 4.12. The first kappa shape index (κ1) is 30.5. The summed E-state index contributed by atoms with van der Waals surface area (Å²) in [4.78, 5) is 12.1. The van der Waals surface area contributed by atoms with Crippen LogP contribution in [0.1, 0.15) is 0 Å². The van der Waals surface area contributed by atoms with Crippen LogP contribution in [-0.4, -0.2) is 24.1 Å². The molecule has 4 heterocycles. The van der Waals surface area contributed by atoms with Crippen molar-refractivity contribution in [1.82, 2.24) is 24.1 Å². The smallest absolute Gasteiger partial charge is 0.182 e. The predicted octanol–water partition coefficient (Wildman–Crippen LogP) is 11.7. The van der Waals surface area contributed by atoms with Gasteiger partial charge in [-0.3, -0.25) is 4.57 Å². The fraction of sp³-hybridized carbons (Fsp3) is 0. The number of pyridine rings is 2. The molecule has 6 nitrogen and oxygen atoms in total. The monoisotopic (exact) mass is 680 g/mol. The normalized spacial score (nSPS) is 11.4. The van der Waals surface area contributed by atoms with Gasteiger partial charge in [0.25, 0.3) is 0 Å². The molecule has 53 heavy (non-hydrogen) atoms. The molecule has 6 heteroatoms. The average molecular weight is 681 g/mol. The fourth-order valence-corrected chi connectivity index (χ4v) is 7.36. The van der Waals surface area contributed by atoms with E-state index in [1.54, 1.807) is 0 Å². The third-order valence-corrected chi connectivity index (χ3v) is 9.82. The molecule has 0 radical (unpaired) electrons. The van der Waals surface area contributed by atoms with E-state index in [2.05, 4.69) is 167 Å². The Labute approximate surface area is 306 Å². The van der Waals surface area contributed by atoms with Gasteiger partial charge in [-0.1, -0.05) is 97.1 Å². The summed E-state index contributed by atoms with van der Waals surface area (Å²) in [6.07, 6.45) is 3.82. The molecular formula is C47H32N6. The highest BCUT2D eigenvalue weighted by Crippen LogP contribution is 2.37. The van der Waals surface area contributed by atoms with Gasteiger partial charge < -0.3 is 4.90 Å². The van der Waals surface area contributed by atoms with Gasteiger partial charge in [-0.2, -0.15) is 0 Å². The van der Waals surface area contributed by atoms with E-state index < -0.39 is 0 Å². The molecule has 0 aliphatic carbocycles. The molecule has 0 fully saturated rings. The van der Waals surface area contributed by atoms with Crippen LogP contribution in [0.2, 0.25) is 0 Å². The summed E-state index contributed by atoms with van der Waals surface area (Å²) in [5.74, 6) is 0.679. The van der Waals surface area contributed by atoms with Crippen molar-refractivity contribution >= 4 is 44.6 Å². The summed E-state index contributed by atoms with van der Waals surface area (Å²) >= 11 is 0. The van der Waals surface area contributed by atoms with Crippen molar-refractivity contribution in [3.63, 3.8) is 0 Å². The standard InChI is InChI=1S/C47H32N6/c1-3-16-37(17-4-1)52(38-18-5-2-6-19-38)39-27-25-33(26-28-39)41-23-12-30-51-47(41)49-45(50-51)36-15-9-13-34(31-36)35-14-10-20-40(32-35)53-44-24-8-7-21-42(44)43-22-11-29-48-46(43)53/h1-32H. The number of hydrogen-bond donors (Lipinski definition) is 0. The Morgan fingerprint density at radius 1 is 0.453 bits per heavy atom. The predicted molar refractivity (Wildman–Crippen MR) is 216 cm³/mol. The minimum atomic E-state index is 0.679. The van der Waals surface area contributed by atoms with E-state index >= 15 is 0 Å². The Kier molecular flexibility index (Phi) is 7.36. The van der Waals surface area contributed by atoms with E-state index in [4.69, 9.17) is 15.1 Å². The summed E-state index contributed by atoms with van der Waals surface area (Å²) in [6, 6.07) is 63.5. The lowest BCUT2D eigenvalue weighted by molar-refractivity contribution is 0.967. The number of aromatic nitrogens is 5. The van der Waals surface area contributed by atoms with Crippen LogP contribution in [0, 0.1) is 0 Å². The van der Waals surface area contributed by atoms with E-state index in [9.17, 15) is 0 Å². The van der Waals surface area contributed by atoms with E-state index in [1.807, 2.05) is 41.2 Å².